The molecule has 0 radical (unpaired) electrons. The number of nitrogens with zero attached hydrogens (tertiary/aromatic N) is 2. The van der Waals surface area contributed by atoms with E-state index in [4.69, 9.17) is 19.0 Å². The molecule has 6 atom stereocenters. The van der Waals surface area contributed by atoms with Gasteiger partial charge in [-0.1, -0.05) is 61.0 Å². The Kier molecular flexibility index (Phi) is 12.6. The molecule has 2 amide bonds. The third-order valence-electron chi connectivity index (χ3n) is 11.0. The smallest absolute Gasteiger partial charge is 0.317 e. The van der Waals surface area contributed by atoms with Crippen LogP contribution >= 0.6 is 0 Å². The van der Waals surface area contributed by atoms with Crippen molar-refractivity contribution in [2.24, 2.45) is 22.9 Å². The molecule has 2 aliphatic carbocycles. The highest BCUT2D eigenvalue weighted by Gasteiger charge is 2.65. The van der Waals surface area contributed by atoms with Gasteiger partial charge in [0, 0.05) is 49.4 Å². The van der Waals surface area contributed by atoms with Crippen LogP contribution in [-0.2, 0) is 16.1 Å². The molecule has 2 heterocycles. The summed E-state index contributed by atoms with van der Waals surface area (Å²) in [5.41, 5.74) is 4.63. The summed E-state index contributed by atoms with van der Waals surface area (Å²) in [6, 6.07) is 15.1. The Hall–Kier alpha value is -4.58. The van der Waals surface area contributed by atoms with E-state index in [1.165, 1.54) is 0 Å². The summed E-state index contributed by atoms with van der Waals surface area (Å²) >= 11 is 0. The molecule has 6 unspecified atom stereocenters. The zero-order chi connectivity index (χ0) is 37.4. The third-order valence-corrected chi connectivity index (χ3v) is 11.0. The van der Waals surface area contributed by atoms with Crippen molar-refractivity contribution in [1.82, 2.24) is 15.2 Å². The maximum Gasteiger partial charge on any atom is 0.317 e. The molecule has 11 nitrogen and oxygen atoms in total. The van der Waals surface area contributed by atoms with Crippen molar-refractivity contribution in [3.8, 4) is 11.5 Å². The van der Waals surface area contributed by atoms with Gasteiger partial charge in [0.15, 0.2) is 0 Å². The van der Waals surface area contributed by atoms with Crippen LogP contribution in [-0.4, -0.2) is 84.3 Å². The zero-order valence-electron chi connectivity index (χ0n) is 31.0. The number of H-pyrrole nitrogens is 1. The molecular formula is C42H54N4O7. The van der Waals surface area contributed by atoms with E-state index < -0.39 is 11.8 Å². The second-order valence-electron chi connectivity index (χ2n) is 14.2. The van der Waals surface area contributed by atoms with Crippen molar-refractivity contribution in [2.45, 2.75) is 69.2 Å². The monoisotopic (exact) mass is 726 g/mol. The number of hydrogen-bond acceptors (Lipinski definition) is 8. The average Bonchev–Trinajstić information content (AvgIpc) is 3.60. The number of nitrogens with one attached hydrogen (secondary N) is 2. The summed E-state index contributed by atoms with van der Waals surface area (Å²) < 4.78 is 20.1. The number of aromatic nitrogens is 1. The van der Waals surface area contributed by atoms with Crippen LogP contribution < -0.4 is 14.8 Å². The number of carbonyl (C=O) groups is 1. The molecule has 3 aliphatic rings. The SMILES string of the molecule is C=CCOc1ccc2c(c1)C1C(CCCCO)C(CCCCO)C=C3C(=NOC)CC(N(C)C(=O)NCc4cc5ccccc5[nH]4)C(OCC=C)(O2)C31. The summed E-state index contributed by atoms with van der Waals surface area (Å²) in [6.07, 6.45) is 10.9. The fraction of sp³-hybridized carbons (Fsp3) is 0.476. The Balaban J connectivity index is 1.46. The molecule has 4 N–H and O–H groups in total. The van der Waals surface area contributed by atoms with E-state index in [0.29, 0.717) is 43.9 Å². The van der Waals surface area contributed by atoms with Crippen LogP contribution in [0.4, 0.5) is 4.79 Å². The van der Waals surface area contributed by atoms with Gasteiger partial charge in [0.25, 0.3) is 0 Å². The lowest BCUT2D eigenvalue weighted by Gasteiger charge is -2.59. The summed E-state index contributed by atoms with van der Waals surface area (Å²) in [5, 5.41) is 28.3. The van der Waals surface area contributed by atoms with E-state index in [9.17, 15) is 15.0 Å². The van der Waals surface area contributed by atoms with Crippen LogP contribution in [0.5, 0.6) is 11.5 Å². The number of hydrogen-bond donors (Lipinski definition) is 4. The van der Waals surface area contributed by atoms with Crippen molar-refractivity contribution < 1.29 is 34.1 Å². The van der Waals surface area contributed by atoms with Crippen LogP contribution in [0, 0.1) is 17.8 Å². The number of aliphatic hydroxyl groups excluding tert-OH is 2. The lowest BCUT2D eigenvalue weighted by Crippen LogP contribution is -2.70. The number of oxime groups is 1. The molecule has 1 saturated carbocycles. The maximum absolute atomic E-state index is 14.2. The largest absolute Gasteiger partial charge is 0.490 e. The summed E-state index contributed by atoms with van der Waals surface area (Å²) in [4.78, 5) is 24.8. The van der Waals surface area contributed by atoms with Crippen molar-refractivity contribution >= 4 is 22.6 Å². The molecular weight excluding hydrogens is 672 g/mol. The van der Waals surface area contributed by atoms with Crippen molar-refractivity contribution in [3.63, 3.8) is 0 Å². The van der Waals surface area contributed by atoms with Crippen LogP contribution in [0.3, 0.4) is 0 Å². The molecule has 11 heteroatoms. The van der Waals surface area contributed by atoms with Gasteiger partial charge in [-0.3, -0.25) is 0 Å². The van der Waals surface area contributed by atoms with Crippen LogP contribution in [0.1, 0.15) is 62.1 Å². The molecule has 2 aromatic carbocycles. The molecule has 6 rings (SSSR count). The number of para-hydroxylation sites is 1. The Morgan fingerprint density at radius 1 is 1.08 bits per heavy atom. The Morgan fingerprint density at radius 2 is 1.85 bits per heavy atom. The normalized spacial score (nSPS) is 25.1. The molecule has 0 bridgehead atoms. The minimum absolute atomic E-state index is 0.119. The van der Waals surface area contributed by atoms with Crippen molar-refractivity contribution in [3.05, 3.63) is 96.7 Å². The van der Waals surface area contributed by atoms with Crippen LogP contribution in [0.2, 0.25) is 0 Å². The van der Waals surface area contributed by atoms with Gasteiger partial charge in [0.1, 0.15) is 31.3 Å². The predicted octanol–water partition coefficient (Wildman–Crippen LogP) is 6.84. The number of aliphatic hydroxyl groups is 2. The predicted molar refractivity (Wildman–Crippen MR) is 206 cm³/mol. The molecule has 1 fully saturated rings. The minimum atomic E-state index is -1.31. The van der Waals surface area contributed by atoms with Gasteiger partial charge in [-0.05, 0) is 78.8 Å². The first-order valence-electron chi connectivity index (χ1n) is 18.8. The molecule has 1 aliphatic heterocycles. The molecule has 1 aromatic heterocycles. The van der Waals surface area contributed by atoms with E-state index in [2.05, 4.69) is 40.8 Å². The van der Waals surface area contributed by atoms with Gasteiger partial charge in [-0.25, -0.2) is 4.79 Å². The molecule has 0 saturated heterocycles. The number of urea groups is 1. The highest BCUT2D eigenvalue weighted by atomic mass is 16.7. The topological polar surface area (TPSA) is 138 Å². The molecule has 284 valence electrons. The maximum atomic E-state index is 14.2. The number of fused-ring (bicyclic) bond motifs is 3. The van der Waals surface area contributed by atoms with Gasteiger partial charge < -0.3 is 44.5 Å². The second kappa shape index (κ2) is 17.5. The number of ether oxygens (including phenoxy) is 3. The number of carbonyl (C=O) groups excluding carboxylic acids is 1. The van der Waals surface area contributed by atoms with E-state index in [1.54, 1.807) is 31.2 Å². The summed E-state index contributed by atoms with van der Waals surface area (Å²) in [6.45, 7) is 8.92. The van der Waals surface area contributed by atoms with Gasteiger partial charge >= 0.3 is 6.03 Å². The van der Waals surface area contributed by atoms with E-state index >= 15 is 0 Å². The highest BCUT2D eigenvalue weighted by molar-refractivity contribution is 6.03. The first kappa shape index (κ1) is 38.2. The van der Waals surface area contributed by atoms with Crippen LogP contribution in [0.25, 0.3) is 10.9 Å². The number of aromatic amines is 1. The van der Waals surface area contributed by atoms with E-state index in [1.807, 2.05) is 42.5 Å². The minimum Gasteiger partial charge on any atom is -0.490 e. The fourth-order valence-electron chi connectivity index (χ4n) is 8.75. The molecule has 3 aromatic rings. The first-order chi connectivity index (χ1) is 25.9. The highest BCUT2D eigenvalue weighted by Crippen LogP contribution is 2.61. The molecule has 53 heavy (non-hydrogen) atoms. The fourth-order valence-corrected chi connectivity index (χ4v) is 8.75. The number of amides is 2. The van der Waals surface area contributed by atoms with Gasteiger partial charge in [-0.15, -0.1) is 6.58 Å². The number of allylic oxidation sites excluding steroid dienone is 1. The number of unbranched alkanes of at least 4 members (excludes halogenated alkanes) is 2. The first-order valence-corrected chi connectivity index (χ1v) is 18.8. The lowest BCUT2D eigenvalue weighted by molar-refractivity contribution is -0.252. The van der Waals surface area contributed by atoms with Gasteiger partial charge in [0.05, 0.1) is 24.8 Å². The average molecular weight is 727 g/mol. The summed E-state index contributed by atoms with van der Waals surface area (Å²) in [5.74, 6) is -0.161. The standard InChI is InChI=1S/C42H54N4O7/c1-5-21-51-31-17-18-37-34(25-31)39-32(15-10-12-20-48)28(13-9-11-19-47)24-33-36(45-50-4)26-38(42(53-37,40(33)39)52-22-6-2)46(3)41(49)43-27-30-23-29-14-7-8-16-35(29)44-30/h5-8,14,16-18,23-25,28,32,38-40,44,47-48H,1-2,9-13,15,19-22,26-27H2,3-4H3,(H,43,49). The second-order valence-corrected chi connectivity index (χ2v) is 14.2. The van der Waals surface area contributed by atoms with Crippen molar-refractivity contribution in [2.75, 3.05) is 40.6 Å². The van der Waals surface area contributed by atoms with Crippen LogP contribution in [0.15, 0.2) is 90.6 Å². The lowest BCUT2D eigenvalue weighted by atomic mass is 9.55. The van der Waals surface area contributed by atoms with Crippen molar-refractivity contribution in [1.29, 1.82) is 0 Å². The Bertz CT molecular complexity index is 1770. The quantitative estimate of drug-likeness (QED) is 0.0640. The summed E-state index contributed by atoms with van der Waals surface area (Å²) in [7, 11) is 3.32. The Labute approximate surface area is 312 Å². The van der Waals surface area contributed by atoms with E-state index in [-0.39, 0.29) is 49.5 Å². The number of benzene rings is 2. The van der Waals surface area contributed by atoms with Gasteiger partial charge in [-0.2, -0.15) is 0 Å². The number of likely N-dealkylation sites (N-methyl/N-ethyl adjacent to an activating group) is 1. The zero-order valence-corrected chi connectivity index (χ0v) is 31.0. The van der Waals surface area contributed by atoms with Gasteiger partial charge in [0.2, 0.25) is 5.79 Å². The third kappa shape index (κ3) is 7.88. The van der Waals surface area contributed by atoms with E-state index in [0.717, 1.165) is 59.1 Å². The number of rotatable bonds is 18. The Morgan fingerprint density at radius 3 is 2.58 bits per heavy atom. The molecule has 0 spiro atoms.